The average Bonchev–Trinajstić information content (AvgIpc) is 2.95. The fourth-order valence-electron chi connectivity index (χ4n) is 2.12. The minimum absolute atomic E-state index is 0.0105. The summed E-state index contributed by atoms with van der Waals surface area (Å²) < 4.78 is 57.4. The van der Waals surface area contributed by atoms with Gasteiger partial charge in [-0.05, 0) is 32.1 Å². The molecule has 2 heterocycles. The van der Waals surface area contributed by atoms with Crippen LogP contribution in [0.15, 0.2) is 9.13 Å². The number of alkyl halides is 3. The second-order valence-corrected chi connectivity index (χ2v) is 9.41. The number of carbonyl (C=O) groups excluding carboxylic acids is 1. The van der Waals surface area contributed by atoms with Crippen molar-refractivity contribution < 1.29 is 27.3 Å². The topological polar surface area (TPSA) is 100 Å². The smallest absolute Gasteiger partial charge is 0.449 e. The molecule has 1 amide bonds. The minimum atomic E-state index is -4.90. The summed E-state index contributed by atoms with van der Waals surface area (Å²) >= 11 is -0.889. The summed E-state index contributed by atoms with van der Waals surface area (Å²) in [5.41, 5.74) is -2.07. The van der Waals surface area contributed by atoms with Gasteiger partial charge in [-0.15, -0.1) is 0 Å². The third-order valence-electron chi connectivity index (χ3n) is 3.36. The van der Waals surface area contributed by atoms with Crippen molar-refractivity contribution in [2.24, 2.45) is 0 Å². The third kappa shape index (κ3) is 5.14. The zero-order valence-corrected chi connectivity index (χ0v) is 17.4. The molecule has 8 nitrogen and oxygen atoms in total. The molecule has 0 bridgehead atoms. The zero-order valence-electron chi connectivity index (χ0n) is 15.8. The number of thiazole rings is 1. The van der Waals surface area contributed by atoms with E-state index in [1.165, 1.54) is 13.3 Å². The molecule has 1 atom stereocenters. The number of aromatic nitrogens is 3. The Balaban J connectivity index is 2.40. The van der Waals surface area contributed by atoms with Gasteiger partial charge >= 0.3 is 16.6 Å². The molecule has 0 N–H and O–H groups in total. The number of hydrogen-bond donors (Lipinski definition) is 0. The van der Waals surface area contributed by atoms with E-state index in [2.05, 4.69) is 9.97 Å². The lowest BCUT2D eigenvalue weighted by Gasteiger charge is -2.25. The summed E-state index contributed by atoms with van der Waals surface area (Å²) in [6.07, 6.45) is -4.33. The Hall–Kier alpha value is -1.86. The molecule has 0 radical (unpaired) electrons. The van der Waals surface area contributed by atoms with E-state index in [1.807, 2.05) is 0 Å². The number of amides is 1. The Morgan fingerprint density at radius 2 is 1.93 bits per heavy atom. The Morgan fingerprint density at radius 1 is 1.32 bits per heavy atom. The van der Waals surface area contributed by atoms with E-state index in [9.17, 15) is 27.3 Å². The molecule has 2 aromatic heterocycles. The number of halogens is 3. The summed E-state index contributed by atoms with van der Waals surface area (Å²) in [5.74, 6) is -1.40. The normalized spacial score (nSPS) is 13.6. The second kappa shape index (κ2) is 7.87. The molecule has 2 rings (SSSR count). The van der Waals surface area contributed by atoms with Crippen LogP contribution in [-0.2, 0) is 28.6 Å². The van der Waals surface area contributed by atoms with E-state index < -0.39 is 47.0 Å². The van der Waals surface area contributed by atoms with Crippen LogP contribution in [0, 0.1) is 0 Å². The fourth-order valence-corrected chi connectivity index (χ4v) is 3.71. The number of likely N-dealkylation sites (N-methyl/N-ethyl adjacent to an activating group) is 1. The van der Waals surface area contributed by atoms with Gasteiger partial charge in [-0.1, -0.05) is 0 Å². The van der Waals surface area contributed by atoms with Gasteiger partial charge in [-0.2, -0.15) is 18.2 Å². The van der Waals surface area contributed by atoms with E-state index in [0.717, 1.165) is 4.90 Å². The maximum Gasteiger partial charge on any atom is 0.449 e. The van der Waals surface area contributed by atoms with E-state index in [0.29, 0.717) is 15.9 Å². The van der Waals surface area contributed by atoms with Crippen molar-refractivity contribution in [1.29, 1.82) is 0 Å². The minimum Gasteiger partial charge on any atom is -0.610 e. The molecule has 0 saturated carbocycles. The molecule has 13 heteroatoms. The van der Waals surface area contributed by atoms with Crippen LogP contribution in [-0.4, -0.2) is 55.5 Å². The van der Waals surface area contributed by atoms with Crippen molar-refractivity contribution in [3.63, 3.8) is 0 Å². The van der Waals surface area contributed by atoms with E-state index in [-0.39, 0.29) is 21.2 Å². The largest absolute Gasteiger partial charge is 0.610 e. The lowest BCUT2D eigenvalue weighted by Crippen LogP contribution is -2.38. The van der Waals surface area contributed by atoms with Crippen LogP contribution in [0.2, 0.25) is 0 Å². The molecule has 0 saturated heterocycles. The monoisotopic (exact) mass is 440 g/mol. The predicted octanol–water partition coefficient (Wildman–Crippen LogP) is 2.48. The number of fused-ring (bicyclic) bond motifs is 1. The lowest BCUT2D eigenvalue weighted by atomic mass is 10.2. The molecule has 2 aromatic rings. The van der Waals surface area contributed by atoms with E-state index in [1.54, 1.807) is 20.8 Å². The van der Waals surface area contributed by atoms with Gasteiger partial charge in [0.05, 0.1) is 0 Å². The van der Waals surface area contributed by atoms with Crippen molar-refractivity contribution in [2.45, 2.75) is 43.4 Å². The van der Waals surface area contributed by atoms with Crippen LogP contribution >= 0.6 is 11.3 Å². The van der Waals surface area contributed by atoms with Gasteiger partial charge in [0.2, 0.25) is 5.82 Å². The van der Waals surface area contributed by atoms with Crippen molar-refractivity contribution in [3.8, 4) is 0 Å². The predicted molar refractivity (Wildman–Crippen MR) is 97.9 cm³/mol. The first-order chi connectivity index (χ1) is 12.7. The van der Waals surface area contributed by atoms with Gasteiger partial charge in [0.15, 0.2) is 10.3 Å². The summed E-state index contributed by atoms with van der Waals surface area (Å²) in [6, 6.07) is 0. The van der Waals surface area contributed by atoms with Crippen LogP contribution in [0.4, 0.5) is 18.0 Å². The first-order valence-electron chi connectivity index (χ1n) is 7.97. The highest BCUT2D eigenvalue weighted by atomic mass is 32.2. The average molecular weight is 440 g/mol. The number of hydrogen-bond acceptors (Lipinski definition) is 7. The maximum absolute atomic E-state index is 13.4. The van der Waals surface area contributed by atoms with Crippen molar-refractivity contribution >= 4 is 39.0 Å². The molecule has 1 unspecified atom stereocenters. The van der Waals surface area contributed by atoms with Gasteiger partial charge in [0.1, 0.15) is 11.9 Å². The first kappa shape index (κ1) is 22.4. The third-order valence-corrected chi connectivity index (χ3v) is 5.65. The van der Waals surface area contributed by atoms with Gasteiger partial charge in [0.25, 0.3) is 5.56 Å². The SMILES string of the molecule is CN(CCn1c(C(F)(F)F)nc2sc([S+](C)[O-])nc2c1=O)C(=O)OC(C)(C)C. The summed E-state index contributed by atoms with van der Waals surface area (Å²) in [6.45, 7) is 4.28. The van der Waals surface area contributed by atoms with Gasteiger partial charge in [0, 0.05) is 31.3 Å². The quantitative estimate of drug-likeness (QED) is 0.677. The van der Waals surface area contributed by atoms with Gasteiger partial charge < -0.3 is 14.2 Å². The van der Waals surface area contributed by atoms with Crippen molar-refractivity contribution in [1.82, 2.24) is 19.4 Å². The number of nitrogens with zero attached hydrogens (tertiary/aromatic N) is 4. The molecule has 28 heavy (non-hydrogen) atoms. The summed E-state index contributed by atoms with van der Waals surface area (Å²) in [5, 5.41) is 0. The molecule has 0 aliphatic carbocycles. The van der Waals surface area contributed by atoms with Crippen LogP contribution in [0.3, 0.4) is 0 Å². The standard InChI is InChI=1S/C15H19F3N4O4S2/c1-14(2,3)26-13(24)21(4)6-7-22-10(23)8-9(20-11(22)15(16,17)18)27-12(19-8)28(5)25/h6-7H2,1-5H3. The number of ether oxygens (including phenoxy) is 1. The molecule has 0 fully saturated rings. The number of carbonyl (C=O) groups is 1. The van der Waals surface area contributed by atoms with Gasteiger partial charge in [-0.25, -0.2) is 9.78 Å². The van der Waals surface area contributed by atoms with Crippen LogP contribution in [0.5, 0.6) is 0 Å². The Bertz CT molecular complexity index is 934. The molecule has 0 aliphatic heterocycles. The van der Waals surface area contributed by atoms with Gasteiger partial charge in [-0.3, -0.25) is 9.36 Å². The van der Waals surface area contributed by atoms with Crippen molar-refractivity contribution in [2.75, 3.05) is 19.8 Å². The molecule has 0 aromatic carbocycles. The summed E-state index contributed by atoms with van der Waals surface area (Å²) in [4.78, 5) is 32.7. The first-order valence-corrected chi connectivity index (χ1v) is 10.3. The Labute approximate surface area is 165 Å². The van der Waals surface area contributed by atoms with Crippen LogP contribution in [0.1, 0.15) is 26.6 Å². The Morgan fingerprint density at radius 3 is 2.43 bits per heavy atom. The maximum atomic E-state index is 13.4. The fraction of sp³-hybridized carbons (Fsp3) is 0.600. The number of rotatable bonds is 4. The van der Waals surface area contributed by atoms with E-state index in [4.69, 9.17) is 4.74 Å². The molecule has 0 spiro atoms. The highest BCUT2D eigenvalue weighted by molar-refractivity contribution is 7.92. The summed E-state index contributed by atoms with van der Waals surface area (Å²) in [7, 11) is 1.35. The molecular formula is C15H19F3N4O4S2. The highest BCUT2D eigenvalue weighted by Gasteiger charge is 2.38. The van der Waals surface area contributed by atoms with Crippen LogP contribution in [0.25, 0.3) is 10.3 Å². The zero-order chi connectivity index (χ0) is 21.4. The molecule has 156 valence electrons. The highest BCUT2D eigenvalue weighted by Crippen LogP contribution is 2.30. The van der Waals surface area contributed by atoms with E-state index >= 15 is 0 Å². The lowest BCUT2D eigenvalue weighted by molar-refractivity contribution is -0.148. The van der Waals surface area contributed by atoms with Crippen molar-refractivity contribution in [3.05, 3.63) is 16.2 Å². The second-order valence-electron chi connectivity index (χ2n) is 6.88. The Kier molecular flexibility index (Phi) is 6.31. The molecular weight excluding hydrogens is 421 g/mol. The molecule has 0 aliphatic rings. The van der Waals surface area contributed by atoms with Crippen LogP contribution < -0.4 is 5.56 Å².